The molecule has 0 saturated heterocycles. The maximum Gasteiger partial charge on any atom is 0.321 e. The van der Waals surface area contributed by atoms with Gasteiger partial charge in [-0.2, -0.15) is 0 Å². The van der Waals surface area contributed by atoms with E-state index in [0.717, 1.165) is 0 Å². The Balaban J connectivity index is 2.39. The van der Waals surface area contributed by atoms with Crippen molar-refractivity contribution >= 4 is 17.9 Å². The third kappa shape index (κ3) is 6.90. The molecular formula is C16H21FN2O4. The van der Waals surface area contributed by atoms with Crippen LogP contribution in [0.4, 0.5) is 9.18 Å². The van der Waals surface area contributed by atoms with E-state index in [2.05, 4.69) is 10.6 Å². The number of nitrogens with one attached hydrogen (secondary N) is 2. The first-order valence-electron chi connectivity index (χ1n) is 7.34. The van der Waals surface area contributed by atoms with Gasteiger partial charge in [-0.15, -0.1) is 0 Å². The summed E-state index contributed by atoms with van der Waals surface area (Å²) in [5.41, 5.74) is 0.401. The van der Waals surface area contributed by atoms with Crippen LogP contribution in [0.25, 0.3) is 0 Å². The molecule has 0 heterocycles. The van der Waals surface area contributed by atoms with Gasteiger partial charge >= 0.3 is 12.0 Å². The number of carbonyl (C=O) groups is 3. The Labute approximate surface area is 134 Å². The quantitative estimate of drug-likeness (QED) is 0.783. The molecule has 0 bridgehead atoms. The van der Waals surface area contributed by atoms with Crippen LogP contribution in [0.5, 0.6) is 0 Å². The molecule has 0 unspecified atom stereocenters. The van der Waals surface area contributed by atoms with Gasteiger partial charge in [0.1, 0.15) is 5.82 Å². The van der Waals surface area contributed by atoms with Crippen molar-refractivity contribution in [3.63, 3.8) is 0 Å². The second-order valence-electron chi connectivity index (χ2n) is 5.34. The average molecular weight is 324 g/mol. The molecule has 0 aliphatic rings. The Morgan fingerprint density at radius 2 is 1.83 bits per heavy atom. The summed E-state index contributed by atoms with van der Waals surface area (Å²) in [5.74, 6) is -1.75. The summed E-state index contributed by atoms with van der Waals surface area (Å²) in [6.45, 7) is 4.85. The van der Waals surface area contributed by atoms with Crippen LogP contribution in [0.3, 0.4) is 0 Å². The lowest BCUT2D eigenvalue weighted by molar-refractivity contribution is -0.154. The number of halogens is 1. The third-order valence-corrected chi connectivity index (χ3v) is 2.89. The minimum atomic E-state index is -1.11. The Morgan fingerprint density at radius 1 is 1.17 bits per heavy atom. The number of carbonyl (C=O) groups excluding carboxylic acids is 3. The molecule has 0 fully saturated rings. The summed E-state index contributed by atoms with van der Waals surface area (Å²) < 4.78 is 18.3. The van der Waals surface area contributed by atoms with Gasteiger partial charge in [-0.3, -0.25) is 14.9 Å². The van der Waals surface area contributed by atoms with Crippen molar-refractivity contribution in [1.29, 1.82) is 0 Å². The van der Waals surface area contributed by atoms with Gasteiger partial charge in [0.25, 0.3) is 5.91 Å². The Hall–Kier alpha value is -2.44. The molecule has 1 aromatic rings. The first-order chi connectivity index (χ1) is 10.8. The van der Waals surface area contributed by atoms with Gasteiger partial charge in [0.05, 0.1) is 0 Å². The van der Waals surface area contributed by atoms with Gasteiger partial charge in [0, 0.05) is 12.5 Å². The zero-order valence-electron chi connectivity index (χ0n) is 13.4. The van der Waals surface area contributed by atoms with Gasteiger partial charge < -0.3 is 10.1 Å². The van der Waals surface area contributed by atoms with E-state index in [-0.39, 0.29) is 18.9 Å². The van der Waals surface area contributed by atoms with Crippen molar-refractivity contribution < 1.29 is 23.5 Å². The number of esters is 1. The average Bonchev–Trinajstić information content (AvgIpc) is 2.45. The fourth-order valence-corrected chi connectivity index (χ4v) is 1.76. The fourth-order valence-electron chi connectivity index (χ4n) is 1.76. The highest BCUT2D eigenvalue weighted by Gasteiger charge is 2.20. The van der Waals surface area contributed by atoms with Crippen LogP contribution in [0.1, 0.15) is 32.8 Å². The maximum absolute atomic E-state index is 13.4. The summed E-state index contributed by atoms with van der Waals surface area (Å²) >= 11 is 0. The van der Waals surface area contributed by atoms with Crippen LogP contribution in [0.15, 0.2) is 24.3 Å². The third-order valence-electron chi connectivity index (χ3n) is 2.89. The van der Waals surface area contributed by atoms with Crippen molar-refractivity contribution in [2.24, 2.45) is 0 Å². The number of aryl methyl sites for hydroxylation is 1. The van der Waals surface area contributed by atoms with Gasteiger partial charge in [0.15, 0.2) is 6.10 Å². The standard InChI is InChI=1S/C16H21FN2O4/c1-10(2)18-16(22)19-15(21)11(3)23-14(20)9-8-12-6-4-5-7-13(12)17/h4-7,10-11H,8-9H2,1-3H3,(H2,18,19,21,22)/t11-/m0/s1. The number of amides is 3. The van der Waals surface area contributed by atoms with Crippen molar-refractivity contribution in [3.05, 3.63) is 35.6 Å². The summed E-state index contributed by atoms with van der Waals surface area (Å²) in [4.78, 5) is 34.7. The maximum atomic E-state index is 13.4. The zero-order chi connectivity index (χ0) is 17.4. The first-order valence-corrected chi connectivity index (χ1v) is 7.34. The molecule has 0 saturated carbocycles. The lowest BCUT2D eigenvalue weighted by Gasteiger charge is -2.14. The van der Waals surface area contributed by atoms with E-state index in [1.165, 1.54) is 13.0 Å². The molecule has 0 spiro atoms. The molecule has 0 aromatic heterocycles. The highest BCUT2D eigenvalue weighted by Crippen LogP contribution is 2.09. The molecule has 1 atom stereocenters. The van der Waals surface area contributed by atoms with Gasteiger partial charge in [-0.1, -0.05) is 18.2 Å². The van der Waals surface area contributed by atoms with Crippen LogP contribution in [0, 0.1) is 5.82 Å². The van der Waals surface area contributed by atoms with E-state index < -0.39 is 29.8 Å². The van der Waals surface area contributed by atoms with E-state index in [1.54, 1.807) is 32.0 Å². The number of hydrogen-bond donors (Lipinski definition) is 2. The number of imide groups is 1. The lowest BCUT2D eigenvalue weighted by atomic mass is 10.1. The summed E-state index contributed by atoms with van der Waals surface area (Å²) in [5, 5.41) is 4.55. The zero-order valence-corrected chi connectivity index (χ0v) is 13.4. The van der Waals surface area contributed by atoms with Crippen molar-refractivity contribution in [2.75, 3.05) is 0 Å². The first kappa shape index (κ1) is 18.6. The van der Waals surface area contributed by atoms with Gasteiger partial charge in [-0.05, 0) is 38.8 Å². The van der Waals surface area contributed by atoms with E-state index in [0.29, 0.717) is 5.56 Å². The number of urea groups is 1. The molecule has 6 nitrogen and oxygen atoms in total. The van der Waals surface area contributed by atoms with Crippen LogP contribution in [0.2, 0.25) is 0 Å². The van der Waals surface area contributed by atoms with Crippen molar-refractivity contribution in [3.8, 4) is 0 Å². The molecule has 2 N–H and O–H groups in total. The number of rotatable bonds is 6. The van der Waals surface area contributed by atoms with Crippen LogP contribution < -0.4 is 10.6 Å². The number of hydrogen-bond acceptors (Lipinski definition) is 4. The van der Waals surface area contributed by atoms with Gasteiger partial charge in [0.2, 0.25) is 0 Å². The molecule has 0 aliphatic carbocycles. The Morgan fingerprint density at radius 3 is 2.43 bits per heavy atom. The topological polar surface area (TPSA) is 84.5 Å². The SMILES string of the molecule is CC(C)NC(=O)NC(=O)[C@H](C)OC(=O)CCc1ccccc1F. The molecule has 126 valence electrons. The summed E-state index contributed by atoms with van der Waals surface area (Å²) in [7, 11) is 0. The smallest absolute Gasteiger partial charge is 0.321 e. The fraction of sp³-hybridized carbons (Fsp3) is 0.438. The van der Waals surface area contributed by atoms with Crippen LogP contribution in [-0.2, 0) is 20.7 Å². The predicted octanol–water partition coefficient (Wildman–Crippen LogP) is 1.92. The Kier molecular flexibility index (Phi) is 7.18. The monoisotopic (exact) mass is 324 g/mol. The number of ether oxygens (including phenoxy) is 1. The van der Waals surface area contributed by atoms with Crippen LogP contribution >= 0.6 is 0 Å². The van der Waals surface area contributed by atoms with E-state index in [4.69, 9.17) is 4.74 Å². The van der Waals surface area contributed by atoms with Crippen molar-refractivity contribution in [2.45, 2.75) is 45.8 Å². The predicted molar refractivity (Wildman–Crippen MR) is 82.1 cm³/mol. The molecule has 3 amide bonds. The Bertz CT molecular complexity index is 575. The second kappa shape index (κ2) is 8.87. The largest absolute Gasteiger partial charge is 0.453 e. The number of benzene rings is 1. The van der Waals surface area contributed by atoms with E-state index >= 15 is 0 Å². The second-order valence-corrected chi connectivity index (χ2v) is 5.34. The highest BCUT2D eigenvalue weighted by molar-refractivity contribution is 5.97. The van der Waals surface area contributed by atoms with Crippen LogP contribution in [-0.4, -0.2) is 30.1 Å². The summed E-state index contributed by atoms with van der Waals surface area (Å²) in [6, 6.07) is 5.35. The minimum absolute atomic E-state index is 0.0588. The molecule has 7 heteroatoms. The molecule has 0 aliphatic heterocycles. The molecular weight excluding hydrogens is 303 g/mol. The van der Waals surface area contributed by atoms with E-state index in [9.17, 15) is 18.8 Å². The molecule has 0 radical (unpaired) electrons. The molecule has 1 rings (SSSR count). The van der Waals surface area contributed by atoms with Crippen molar-refractivity contribution in [1.82, 2.24) is 10.6 Å². The summed E-state index contributed by atoms with van der Waals surface area (Å²) in [6.07, 6.45) is -0.995. The normalized spacial score (nSPS) is 11.7. The van der Waals surface area contributed by atoms with E-state index in [1.807, 2.05) is 0 Å². The lowest BCUT2D eigenvalue weighted by Crippen LogP contribution is -2.46. The van der Waals surface area contributed by atoms with Gasteiger partial charge in [-0.25, -0.2) is 9.18 Å². The molecule has 1 aromatic carbocycles. The minimum Gasteiger partial charge on any atom is -0.453 e. The molecule has 23 heavy (non-hydrogen) atoms. The highest BCUT2D eigenvalue weighted by atomic mass is 19.1.